The van der Waals surface area contributed by atoms with Crippen LogP contribution in [0.2, 0.25) is 0 Å². The Hall–Kier alpha value is -1.32. The molecule has 0 radical (unpaired) electrons. The maximum atomic E-state index is 12.4. The summed E-state index contributed by atoms with van der Waals surface area (Å²) in [5.74, 6) is 1.35. The lowest BCUT2D eigenvalue weighted by Gasteiger charge is -2.37. The lowest BCUT2D eigenvalue weighted by atomic mass is 9.71. The minimum Gasteiger partial charge on any atom is -0.361 e. The zero-order valence-electron chi connectivity index (χ0n) is 14.0. The summed E-state index contributed by atoms with van der Waals surface area (Å²) < 4.78 is 5.15. The third-order valence-electron chi connectivity index (χ3n) is 4.78. The molecular formula is C17H28N2O2. The smallest absolute Gasteiger partial charge is 0.257 e. The van der Waals surface area contributed by atoms with Gasteiger partial charge >= 0.3 is 0 Å². The Balaban J connectivity index is 1.94. The average molecular weight is 292 g/mol. The van der Waals surface area contributed by atoms with Crippen molar-refractivity contribution in [1.29, 1.82) is 0 Å². The van der Waals surface area contributed by atoms with Gasteiger partial charge in [0.2, 0.25) is 0 Å². The fraction of sp³-hybridized carbons (Fsp3) is 0.765. The Morgan fingerprint density at radius 2 is 1.90 bits per heavy atom. The molecule has 0 unspecified atom stereocenters. The Labute approximate surface area is 127 Å². The molecule has 1 aliphatic carbocycles. The molecule has 1 N–H and O–H groups in total. The molecule has 1 aromatic rings. The van der Waals surface area contributed by atoms with E-state index in [0.717, 1.165) is 30.9 Å². The molecule has 4 heteroatoms. The summed E-state index contributed by atoms with van der Waals surface area (Å²) in [7, 11) is 0. The molecule has 118 valence electrons. The number of aromatic nitrogens is 1. The normalized spacial score (nSPS) is 23.1. The summed E-state index contributed by atoms with van der Waals surface area (Å²) in [5, 5.41) is 7.13. The van der Waals surface area contributed by atoms with Gasteiger partial charge in [0.25, 0.3) is 5.91 Å². The molecule has 21 heavy (non-hydrogen) atoms. The van der Waals surface area contributed by atoms with Crippen LogP contribution in [0, 0.1) is 18.3 Å². The lowest BCUT2D eigenvalue weighted by molar-refractivity contribution is 0.0901. The van der Waals surface area contributed by atoms with E-state index in [1.54, 1.807) is 6.92 Å². The fourth-order valence-electron chi connectivity index (χ4n) is 3.31. The van der Waals surface area contributed by atoms with Crippen LogP contribution in [0.3, 0.4) is 0 Å². The minimum atomic E-state index is -0.0233. The molecule has 1 heterocycles. The van der Waals surface area contributed by atoms with Gasteiger partial charge in [-0.05, 0) is 50.4 Å². The third kappa shape index (κ3) is 3.66. The highest BCUT2D eigenvalue weighted by Gasteiger charge is 2.31. The summed E-state index contributed by atoms with van der Waals surface area (Å²) in [6.07, 6.45) is 5.24. The number of amides is 1. The molecule has 1 aromatic heterocycles. The molecule has 0 atom stereocenters. The lowest BCUT2D eigenvalue weighted by Crippen LogP contribution is -2.39. The van der Waals surface area contributed by atoms with Gasteiger partial charge in [0.1, 0.15) is 11.3 Å². The number of aryl methyl sites for hydroxylation is 2. The molecule has 2 rings (SSSR count). The first-order chi connectivity index (χ1) is 9.82. The summed E-state index contributed by atoms with van der Waals surface area (Å²) >= 11 is 0. The summed E-state index contributed by atoms with van der Waals surface area (Å²) in [6.45, 7) is 10.7. The van der Waals surface area contributed by atoms with Crippen LogP contribution in [0.5, 0.6) is 0 Å². The Bertz CT molecular complexity index is 491. The molecule has 4 nitrogen and oxygen atoms in total. The highest BCUT2D eigenvalue weighted by atomic mass is 16.5. The van der Waals surface area contributed by atoms with Crippen LogP contribution in [0.1, 0.15) is 75.2 Å². The molecule has 0 spiro atoms. The third-order valence-corrected chi connectivity index (χ3v) is 4.78. The topological polar surface area (TPSA) is 55.1 Å². The van der Waals surface area contributed by atoms with E-state index in [2.05, 4.69) is 31.2 Å². The Kier molecular flexibility index (Phi) is 4.74. The van der Waals surface area contributed by atoms with Crippen LogP contribution < -0.4 is 5.32 Å². The van der Waals surface area contributed by atoms with Crippen molar-refractivity contribution in [3.63, 3.8) is 0 Å². The van der Waals surface area contributed by atoms with Gasteiger partial charge in [-0.1, -0.05) is 32.9 Å². The summed E-state index contributed by atoms with van der Waals surface area (Å²) in [6, 6.07) is 0.287. The number of hydrogen-bond donors (Lipinski definition) is 1. The molecule has 0 aromatic carbocycles. The minimum absolute atomic E-state index is 0.0233. The molecule has 0 bridgehead atoms. The van der Waals surface area contributed by atoms with Gasteiger partial charge < -0.3 is 9.84 Å². The van der Waals surface area contributed by atoms with Crippen molar-refractivity contribution >= 4 is 5.91 Å². The van der Waals surface area contributed by atoms with E-state index in [0.29, 0.717) is 16.7 Å². The van der Waals surface area contributed by atoms with Crippen molar-refractivity contribution in [1.82, 2.24) is 10.5 Å². The van der Waals surface area contributed by atoms with Crippen LogP contribution in [0.15, 0.2) is 4.52 Å². The Morgan fingerprint density at radius 1 is 1.29 bits per heavy atom. The van der Waals surface area contributed by atoms with Gasteiger partial charge in [-0.3, -0.25) is 4.79 Å². The van der Waals surface area contributed by atoms with E-state index in [1.807, 2.05) is 6.92 Å². The van der Waals surface area contributed by atoms with Crippen molar-refractivity contribution in [3.8, 4) is 0 Å². The molecule has 0 aliphatic heterocycles. The van der Waals surface area contributed by atoms with Gasteiger partial charge in [-0.2, -0.15) is 0 Å². The largest absolute Gasteiger partial charge is 0.361 e. The van der Waals surface area contributed by atoms with Crippen molar-refractivity contribution in [2.45, 2.75) is 72.8 Å². The van der Waals surface area contributed by atoms with Gasteiger partial charge in [0.05, 0.1) is 5.69 Å². The molecule has 1 amide bonds. The first kappa shape index (κ1) is 16.1. The second kappa shape index (κ2) is 6.20. The predicted octanol–water partition coefficient (Wildman–Crippen LogP) is 3.88. The maximum absolute atomic E-state index is 12.4. The fourth-order valence-corrected chi connectivity index (χ4v) is 3.31. The van der Waals surface area contributed by atoms with Crippen molar-refractivity contribution < 1.29 is 9.32 Å². The first-order valence-electron chi connectivity index (χ1n) is 8.09. The van der Waals surface area contributed by atoms with E-state index in [-0.39, 0.29) is 11.9 Å². The molecule has 1 saturated carbocycles. The second-order valence-corrected chi connectivity index (χ2v) is 7.30. The average Bonchev–Trinajstić information content (AvgIpc) is 2.79. The second-order valence-electron chi connectivity index (χ2n) is 7.30. The quantitative estimate of drug-likeness (QED) is 0.919. The number of hydrogen-bond acceptors (Lipinski definition) is 3. The van der Waals surface area contributed by atoms with Crippen LogP contribution in [-0.2, 0) is 6.42 Å². The van der Waals surface area contributed by atoms with E-state index < -0.39 is 0 Å². The van der Waals surface area contributed by atoms with E-state index in [4.69, 9.17) is 4.52 Å². The molecular weight excluding hydrogens is 264 g/mol. The summed E-state index contributed by atoms with van der Waals surface area (Å²) in [5.41, 5.74) is 1.76. The number of nitrogens with zero attached hydrogens (tertiary/aromatic N) is 1. The Morgan fingerprint density at radius 3 is 2.43 bits per heavy atom. The molecule has 0 saturated heterocycles. The SMILES string of the molecule is CCc1noc(C)c1C(=O)NC1CCC(C(C)(C)C)CC1. The molecule has 1 aliphatic rings. The van der Waals surface area contributed by atoms with Crippen LogP contribution in [0.4, 0.5) is 0 Å². The van der Waals surface area contributed by atoms with Crippen LogP contribution >= 0.6 is 0 Å². The number of carbonyl (C=O) groups excluding carboxylic acids is 1. The summed E-state index contributed by atoms with van der Waals surface area (Å²) in [4.78, 5) is 12.4. The zero-order valence-corrected chi connectivity index (χ0v) is 14.0. The van der Waals surface area contributed by atoms with Crippen molar-refractivity contribution in [2.24, 2.45) is 11.3 Å². The van der Waals surface area contributed by atoms with Crippen molar-refractivity contribution in [2.75, 3.05) is 0 Å². The van der Waals surface area contributed by atoms with Gasteiger partial charge in [0, 0.05) is 6.04 Å². The number of rotatable bonds is 3. The number of nitrogens with one attached hydrogen (secondary N) is 1. The highest BCUT2D eigenvalue weighted by molar-refractivity contribution is 5.96. The van der Waals surface area contributed by atoms with Crippen molar-refractivity contribution in [3.05, 3.63) is 17.0 Å². The monoisotopic (exact) mass is 292 g/mol. The first-order valence-corrected chi connectivity index (χ1v) is 8.09. The van der Waals surface area contributed by atoms with E-state index >= 15 is 0 Å². The van der Waals surface area contributed by atoms with Gasteiger partial charge in [-0.15, -0.1) is 0 Å². The standard InChI is InChI=1S/C17H28N2O2/c1-6-14-15(11(2)21-19-14)16(20)18-13-9-7-12(8-10-13)17(3,4)5/h12-13H,6-10H2,1-5H3,(H,18,20). The van der Waals surface area contributed by atoms with Crippen LogP contribution in [-0.4, -0.2) is 17.1 Å². The van der Waals surface area contributed by atoms with Gasteiger partial charge in [0.15, 0.2) is 0 Å². The molecule has 1 fully saturated rings. The zero-order chi connectivity index (χ0) is 15.6. The number of carbonyl (C=O) groups is 1. The van der Waals surface area contributed by atoms with Crippen LogP contribution in [0.25, 0.3) is 0 Å². The van der Waals surface area contributed by atoms with E-state index in [9.17, 15) is 4.79 Å². The van der Waals surface area contributed by atoms with Gasteiger partial charge in [-0.25, -0.2) is 0 Å². The predicted molar refractivity (Wildman–Crippen MR) is 83.3 cm³/mol. The van der Waals surface area contributed by atoms with E-state index in [1.165, 1.54) is 12.8 Å². The highest BCUT2D eigenvalue weighted by Crippen LogP contribution is 2.37. The maximum Gasteiger partial charge on any atom is 0.257 e.